The van der Waals surface area contributed by atoms with Crippen LogP contribution in [-0.4, -0.2) is 19.0 Å². The minimum absolute atomic E-state index is 0. The predicted octanol–water partition coefficient (Wildman–Crippen LogP) is -1.31. The zero-order valence-electron chi connectivity index (χ0n) is 5.35. The van der Waals surface area contributed by atoms with Gasteiger partial charge in [-0.15, -0.1) is 0 Å². The minimum Gasteiger partial charge on any atom is -0.550 e. The molecule has 10 heavy (non-hydrogen) atoms. The largest absolute Gasteiger partial charge is 1.00 e. The number of hydrogen-bond donors (Lipinski definition) is 0. The van der Waals surface area contributed by atoms with Crippen LogP contribution in [0.4, 0.5) is 0 Å². The van der Waals surface area contributed by atoms with Crippen molar-refractivity contribution in [2.75, 3.05) is 7.11 Å². The SMILES string of the molecule is COC(=O)CCC(=O)[O-].[Ag+]. The molecule has 0 amide bonds. The van der Waals surface area contributed by atoms with Crippen LogP contribution in [0.5, 0.6) is 0 Å². The topological polar surface area (TPSA) is 66.4 Å². The Bertz CT molecular complexity index is 123. The van der Waals surface area contributed by atoms with E-state index >= 15 is 0 Å². The van der Waals surface area contributed by atoms with Crippen LogP contribution < -0.4 is 5.11 Å². The quantitative estimate of drug-likeness (QED) is 0.453. The van der Waals surface area contributed by atoms with Crippen molar-refractivity contribution in [3.63, 3.8) is 0 Å². The zero-order valence-corrected chi connectivity index (χ0v) is 6.83. The van der Waals surface area contributed by atoms with Gasteiger partial charge in [0.25, 0.3) is 0 Å². The number of rotatable bonds is 3. The van der Waals surface area contributed by atoms with E-state index in [1.807, 2.05) is 0 Å². The number of carbonyl (C=O) groups excluding carboxylic acids is 2. The predicted molar refractivity (Wildman–Crippen MR) is 26.3 cm³/mol. The number of ether oxygens (including phenoxy) is 1. The summed E-state index contributed by atoms with van der Waals surface area (Å²) < 4.78 is 4.17. The van der Waals surface area contributed by atoms with Crippen LogP contribution in [-0.2, 0) is 36.7 Å². The van der Waals surface area contributed by atoms with Crippen molar-refractivity contribution in [2.24, 2.45) is 0 Å². The molecule has 0 atom stereocenters. The van der Waals surface area contributed by atoms with Gasteiger partial charge in [-0.1, -0.05) is 0 Å². The molecule has 0 saturated heterocycles. The second-order valence-corrected chi connectivity index (χ2v) is 1.45. The van der Waals surface area contributed by atoms with E-state index in [4.69, 9.17) is 0 Å². The van der Waals surface area contributed by atoms with Crippen molar-refractivity contribution in [2.45, 2.75) is 12.8 Å². The van der Waals surface area contributed by atoms with Gasteiger partial charge in [0.1, 0.15) is 0 Å². The normalized spacial score (nSPS) is 7.70. The summed E-state index contributed by atoms with van der Waals surface area (Å²) in [5, 5.41) is 9.70. The molecule has 0 rings (SSSR count). The summed E-state index contributed by atoms with van der Waals surface area (Å²) in [6, 6.07) is 0. The van der Waals surface area contributed by atoms with Crippen molar-refractivity contribution < 1.29 is 41.8 Å². The Morgan fingerprint density at radius 2 is 1.90 bits per heavy atom. The van der Waals surface area contributed by atoms with Crippen molar-refractivity contribution in [1.29, 1.82) is 0 Å². The number of carboxylic acids is 1. The molecule has 62 valence electrons. The molecule has 0 heterocycles. The van der Waals surface area contributed by atoms with Gasteiger partial charge in [-0.2, -0.15) is 0 Å². The molecular formula is C5H7AgO4. The fourth-order valence-electron chi connectivity index (χ4n) is 0.306. The molecule has 0 bridgehead atoms. The molecule has 5 heteroatoms. The number of aliphatic carboxylic acids is 1. The summed E-state index contributed by atoms with van der Waals surface area (Å²) in [7, 11) is 1.21. The molecule has 0 aliphatic carbocycles. The van der Waals surface area contributed by atoms with Crippen LogP contribution in [0.15, 0.2) is 0 Å². The van der Waals surface area contributed by atoms with Crippen molar-refractivity contribution in [3.05, 3.63) is 0 Å². The number of hydrogen-bond acceptors (Lipinski definition) is 4. The van der Waals surface area contributed by atoms with Gasteiger partial charge in [0, 0.05) is 5.97 Å². The fraction of sp³-hybridized carbons (Fsp3) is 0.600. The van der Waals surface area contributed by atoms with E-state index in [1.54, 1.807) is 0 Å². The Morgan fingerprint density at radius 3 is 2.20 bits per heavy atom. The van der Waals surface area contributed by atoms with Gasteiger partial charge in [0.2, 0.25) is 0 Å². The number of carboxylic acid groups (broad SMARTS) is 1. The Hall–Kier alpha value is -0.320. The smallest absolute Gasteiger partial charge is 0.550 e. The van der Waals surface area contributed by atoms with Gasteiger partial charge in [0.15, 0.2) is 0 Å². The number of esters is 1. The standard InChI is InChI=1S/C5H8O4.Ag/c1-9-5(8)3-2-4(6)7;/h2-3H2,1H3,(H,6,7);/q;+1/p-1. The molecular weight excluding hydrogens is 232 g/mol. The van der Waals surface area contributed by atoms with E-state index in [0.717, 1.165) is 0 Å². The molecule has 0 aliphatic rings. The Labute approximate surface area is 74.1 Å². The summed E-state index contributed by atoms with van der Waals surface area (Å²) in [6.45, 7) is 0. The average molecular weight is 239 g/mol. The first-order valence-corrected chi connectivity index (χ1v) is 2.43. The van der Waals surface area contributed by atoms with Gasteiger partial charge >= 0.3 is 28.3 Å². The Morgan fingerprint density at radius 1 is 1.40 bits per heavy atom. The molecule has 0 aromatic carbocycles. The molecule has 0 aromatic rings. The summed E-state index contributed by atoms with van der Waals surface area (Å²) >= 11 is 0. The molecule has 0 radical (unpaired) electrons. The zero-order chi connectivity index (χ0) is 7.28. The molecule has 0 saturated carbocycles. The summed E-state index contributed by atoms with van der Waals surface area (Å²) in [5.41, 5.74) is 0. The molecule has 4 nitrogen and oxygen atoms in total. The van der Waals surface area contributed by atoms with E-state index in [-0.39, 0.29) is 35.2 Å². The van der Waals surface area contributed by atoms with Gasteiger partial charge in [0.05, 0.1) is 13.5 Å². The molecule has 0 aromatic heterocycles. The maximum atomic E-state index is 10.2. The maximum absolute atomic E-state index is 10.2. The van der Waals surface area contributed by atoms with E-state index in [9.17, 15) is 14.7 Å². The van der Waals surface area contributed by atoms with Gasteiger partial charge in [-0.3, -0.25) is 4.79 Å². The van der Waals surface area contributed by atoms with Crippen LogP contribution in [0.1, 0.15) is 12.8 Å². The van der Waals surface area contributed by atoms with Crippen molar-refractivity contribution >= 4 is 11.9 Å². The maximum Gasteiger partial charge on any atom is 1.00 e. The fourth-order valence-corrected chi connectivity index (χ4v) is 0.306. The molecule has 0 N–H and O–H groups in total. The van der Waals surface area contributed by atoms with E-state index < -0.39 is 11.9 Å². The third-order valence-corrected chi connectivity index (χ3v) is 0.761. The molecule has 0 spiro atoms. The molecule has 0 fully saturated rings. The first-order valence-electron chi connectivity index (χ1n) is 2.43. The van der Waals surface area contributed by atoms with E-state index in [1.165, 1.54) is 7.11 Å². The first-order chi connectivity index (χ1) is 4.16. The van der Waals surface area contributed by atoms with Crippen LogP contribution in [0.2, 0.25) is 0 Å². The second kappa shape index (κ2) is 6.80. The summed E-state index contributed by atoms with van der Waals surface area (Å²) in [5.74, 6) is -1.76. The van der Waals surface area contributed by atoms with E-state index in [2.05, 4.69) is 4.74 Å². The number of carbonyl (C=O) groups is 2. The minimum atomic E-state index is -1.24. The van der Waals surface area contributed by atoms with Gasteiger partial charge in [-0.05, 0) is 6.42 Å². The van der Waals surface area contributed by atoms with Crippen LogP contribution >= 0.6 is 0 Å². The second-order valence-electron chi connectivity index (χ2n) is 1.45. The first kappa shape index (κ1) is 12.4. The third-order valence-electron chi connectivity index (χ3n) is 0.761. The van der Waals surface area contributed by atoms with Gasteiger partial charge in [-0.25, -0.2) is 0 Å². The monoisotopic (exact) mass is 238 g/mol. The summed E-state index contributed by atoms with van der Waals surface area (Å²) in [4.78, 5) is 19.9. The summed E-state index contributed by atoms with van der Waals surface area (Å²) in [6.07, 6.45) is -0.383. The molecule has 0 aliphatic heterocycles. The number of methoxy groups -OCH3 is 1. The van der Waals surface area contributed by atoms with Crippen LogP contribution in [0, 0.1) is 0 Å². The van der Waals surface area contributed by atoms with Crippen molar-refractivity contribution in [3.8, 4) is 0 Å². The van der Waals surface area contributed by atoms with Gasteiger partial charge < -0.3 is 14.6 Å². The average Bonchev–Trinajstić information content (AvgIpc) is 1.83. The van der Waals surface area contributed by atoms with E-state index in [0.29, 0.717) is 0 Å². The van der Waals surface area contributed by atoms with Crippen LogP contribution in [0.3, 0.4) is 0 Å². The van der Waals surface area contributed by atoms with Crippen molar-refractivity contribution in [1.82, 2.24) is 0 Å². The van der Waals surface area contributed by atoms with Crippen LogP contribution in [0.25, 0.3) is 0 Å². The third kappa shape index (κ3) is 7.68. The Balaban J connectivity index is 0. The Kier molecular flexibility index (Phi) is 8.40. The molecule has 0 unspecified atom stereocenters.